The highest BCUT2D eigenvalue weighted by atomic mass is 32.1. The SMILES string of the molecule is Cc1nsnc1C(=O)NCCc1ncnn1C. The van der Waals surface area contributed by atoms with Crippen LogP contribution in [0.2, 0.25) is 0 Å². The van der Waals surface area contributed by atoms with Crippen LogP contribution in [0.25, 0.3) is 0 Å². The molecular formula is C9H12N6OS. The van der Waals surface area contributed by atoms with Gasteiger partial charge in [-0.1, -0.05) is 0 Å². The first-order valence-corrected chi connectivity index (χ1v) is 5.81. The second-order valence-electron chi connectivity index (χ2n) is 3.50. The topological polar surface area (TPSA) is 85.6 Å². The molecule has 0 aliphatic rings. The van der Waals surface area contributed by atoms with Crippen molar-refractivity contribution in [3.05, 3.63) is 23.5 Å². The van der Waals surface area contributed by atoms with Crippen molar-refractivity contribution in [2.24, 2.45) is 7.05 Å². The van der Waals surface area contributed by atoms with Gasteiger partial charge in [0.1, 0.15) is 12.2 Å². The summed E-state index contributed by atoms with van der Waals surface area (Å²) in [6.45, 7) is 2.27. The number of carbonyl (C=O) groups excluding carboxylic acids is 1. The predicted molar refractivity (Wildman–Crippen MR) is 61.7 cm³/mol. The molecule has 17 heavy (non-hydrogen) atoms. The number of nitrogens with one attached hydrogen (secondary N) is 1. The number of rotatable bonds is 4. The molecule has 1 N–H and O–H groups in total. The van der Waals surface area contributed by atoms with E-state index < -0.39 is 0 Å². The van der Waals surface area contributed by atoms with Gasteiger partial charge in [-0.3, -0.25) is 9.48 Å². The van der Waals surface area contributed by atoms with Crippen LogP contribution in [0.5, 0.6) is 0 Å². The van der Waals surface area contributed by atoms with E-state index in [9.17, 15) is 4.79 Å². The van der Waals surface area contributed by atoms with Gasteiger partial charge in [-0.15, -0.1) is 0 Å². The monoisotopic (exact) mass is 252 g/mol. The Morgan fingerprint density at radius 3 is 2.94 bits per heavy atom. The molecule has 8 heteroatoms. The molecule has 2 aromatic rings. The van der Waals surface area contributed by atoms with Crippen LogP contribution in [0.1, 0.15) is 22.0 Å². The van der Waals surface area contributed by atoms with E-state index >= 15 is 0 Å². The predicted octanol–water partition coefficient (Wildman–Crippen LogP) is -0.0525. The van der Waals surface area contributed by atoms with Crippen LogP contribution in [0.4, 0.5) is 0 Å². The van der Waals surface area contributed by atoms with Crippen molar-refractivity contribution >= 4 is 17.6 Å². The lowest BCUT2D eigenvalue weighted by atomic mass is 10.3. The summed E-state index contributed by atoms with van der Waals surface area (Å²) in [4.78, 5) is 15.8. The first-order chi connectivity index (χ1) is 8.18. The highest BCUT2D eigenvalue weighted by Crippen LogP contribution is 2.03. The molecule has 2 heterocycles. The van der Waals surface area contributed by atoms with Crippen molar-refractivity contribution in [1.82, 2.24) is 28.8 Å². The molecular weight excluding hydrogens is 240 g/mol. The van der Waals surface area contributed by atoms with Crippen molar-refractivity contribution in [2.45, 2.75) is 13.3 Å². The van der Waals surface area contributed by atoms with Crippen molar-refractivity contribution in [2.75, 3.05) is 6.54 Å². The quantitative estimate of drug-likeness (QED) is 0.824. The van der Waals surface area contributed by atoms with E-state index in [4.69, 9.17) is 0 Å². The van der Waals surface area contributed by atoms with Gasteiger partial charge in [0, 0.05) is 20.0 Å². The number of aromatic nitrogens is 5. The molecule has 0 saturated heterocycles. The second kappa shape index (κ2) is 5.00. The van der Waals surface area contributed by atoms with Crippen molar-refractivity contribution in [3.63, 3.8) is 0 Å². The lowest BCUT2D eigenvalue weighted by Gasteiger charge is -2.03. The summed E-state index contributed by atoms with van der Waals surface area (Å²) in [5.74, 6) is 0.636. The van der Waals surface area contributed by atoms with E-state index in [0.717, 1.165) is 17.6 Å². The summed E-state index contributed by atoms with van der Waals surface area (Å²) in [7, 11) is 1.82. The Hall–Kier alpha value is -1.83. The van der Waals surface area contributed by atoms with Gasteiger partial charge in [0.05, 0.1) is 17.4 Å². The van der Waals surface area contributed by atoms with Crippen LogP contribution < -0.4 is 5.32 Å². The third-order valence-corrected chi connectivity index (χ3v) is 2.93. The number of aryl methyl sites for hydroxylation is 2. The van der Waals surface area contributed by atoms with Gasteiger partial charge in [-0.25, -0.2) is 4.98 Å². The van der Waals surface area contributed by atoms with Crippen LogP contribution >= 0.6 is 11.7 Å². The van der Waals surface area contributed by atoms with E-state index in [1.165, 1.54) is 6.33 Å². The van der Waals surface area contributed by atoms with Gasteiger partial charge < -0.3 is 5.32 Å². The molecule has 0 atom stereocenters. The Balaban J connectivity index is 1.86. The summed E-state index contributed by atoms with van der Waals surface area (Å²) in [6.07, 6.45) is 2.13. The maximum absolute atomic E-state index is 11.7. The zero-order valence-corrected chi connectivity index (χ0v) is 10.4. The lowest BCUT2D eigenvalue weighted by Crippen LogP contribution is -2.27. The molecule has 1 amide bonds. The van der Waals surface area contributed by atoms with Gasteiger partial charge >= 0.3 is 0 Å². The number of hydrogen-bond acceptors (Lipinski definition) is 6. The standard InChI is InChI=1S/C9H12N6OS/c1-6-8(14-17-13-6)9(16)10-4-3-7-11-5-12-15(7)2/h5H,3-4H2,1-2H3,(H,10,16). The van der Waals surface area contributed by atoms with Crippen LogP contribution in [0.3, 0.4) is 0 Å². The Morgan fingerprint density at radius 2 is 2.35 bits per heavy atom. The molecule has 2 rings (SSSR count). The molecule has 0 fully saturated rings. The van der Waals surface area contributed by atoms with Gasteiger partial charge in [0.2, 0.25) is 0 Å². The van der Waals surface area contributed by atoms with Crippen LogP contribution in [0, 0.1) is 6.92 Å². The molecule has 0 bridgehead atoms. The minimum atomic E-state index is -0.196. The summed E-state index contributed by atoms with van der Waals surface area (Å²) >= 11 is 1.04. The van der Waals surface area contributed by atoms with Gasteiger partial charge in [0.25, 0.3) is 5.91 Å². The van der Waals surface area contributed by atoms with E-state index in [0.29, 0.717) is 24.4 Å². The molecule has 2 aromatic heterocycles. The lowest BCUT2D eigenvalue weighted by molar-refractivity contribution is 0.0949. The molecule has 0 unspecified atom stereocenters. The first kappa shape index (κ1) is 11.6. The summed E-state index contributed by atoms with van der Waals surface area (Å²) in [6, 6.07) is 0. The molecule has 0 aliphatic carbocycles. The van der Waals surface area contributed by atoms with Gasteiger partial charge in [-0.2, -0.15) is 13.8 Å². The Bertz CT molecular complexity index is 519. The summed E-state index contributed by atoms with van der Waals surface area (Å²) < 4.78 is 9.57. The first-order valence-electron chi connectivity index (χ1n) is 5.08. The van der Waals surface area contributed by atoms with Crippen LogP contribution in [-0.4, -0.2) is 36.0 Å². The Morgan fingerprint density at radius 1 is 1.53 bits per heavy atom. The number of carbonyl (C=O) groups is 1. The average Bonchev–Trinajstić information content (AvgIpc) is 2.88. The number of nitrogens with zero attached hydrogens (tertiary/aromatic N) is 5. The highest BCUT2D eigenvalue weighted by Gasteiger charge is 2.12. The third-order valence-electron chi connectivity index (χ3n) is 2.31. The minimum absolute atomic E-state index is 0.196. The molecule has 0 aliphatic heterocycles. The highest BCUT2D eigenvalue weighted by molar-refractivity contribution is 6.99. The molecule has 0 aromatic carbocycles. The summed E-state index contributed by atoms with van der Waals surface area (Å²) in [5, 5.41) is 6.73. The zero-order chi connectivity index (χ0) is 12.3. The molecule has 0 spiro atoms. The van der Waals surface area contributed by atoms with Crippen molar-refractivity contribution in [1.29, 1.82) is 0 Å². The molecule has 90 valence electrons. The van der Waals surface area contributed by atoms with E-state index in [1.807, 2.05) is 7.05 Å². The van der Waals surface area contributed by atoms with Crippen molar-refractivity contribution < 1.29 is 4.79 Å². The van der Waals surface area contributed by atoms with Crippen molar-refractivity contribution in [3.8, 4) is 0 Å². The molecule has 0 saturated carbocycles. The fraction of sp³-hybridized carbons (Fsp3) is 0.444. The molecule has 0 radical (unpaired) electrons. The Kier molecular flexibility index (Phi) is 3.43. The smallest absolute Gasteiger partial charge is 0.272 e. The van der Waals surface area contributed by atoms with E-state index in [2.05, 4.69) is 24.1 Å². The largest absolute Gasteiger partial charge is 0.350 e. The maximum Gasteiger partial charge on any atom is 0.272 e. The number of hydrogen-bond donors (Lipinski definition) is 1. The fourth-order valence-corrected chi connectivity index (χ4v) is 1.90. The fourth-order valence-electron chi connectivity index (χ4n) is 1.36. The summed E-state index contributed by atoms with van der Waals surface area (Å²) in [5.41, 5.74) is 1.05. The molecule has 7 nitrogen and oxygen atoms in total. The maximum atomic E-state index is 11.7. The van der Waals surface area contributed by atoms with Crippen LogP contribution in [-0.2, 0) is 13.5 Å². The average molecular weight is 252 g/mol. The van der Waals surface area contributed by atoms with E-state index in [-0.39, 0.29) is 5.91 Å². The van der Waals surface area contributed by atoms with E-state index in [1.54, 1.807) is 11.6 Å². The zero-order valence-electron chi connectivity index (χ0n) is 9.54. The van der Waals surface area contributed by atoms with Gasteiger partial charge in [0.15, 0.2) is 5.69 Å². The Labute approximate surface area is 102 Å². The minimum Gasteiger partial charge on any atom is -0.350 e. The normalized spacial score (nSPS) is 10.5. The second-order valence-corrected chi connectivity index (χ2v) is 4.03. The third kappa shape index (κ3) is 2.64. The number of amides is 1. The van der Waals surface area contributed by atoms with Gasteiger partial charge in [-0.05, 0) is 6.92 Å². The van der Waals surface area contributed by atoms with Crippen LogP contribution in [0.15, 0.2) is 6.33 Å².